The highest BCUT2D eigenvalue weighted by Crippen LogP contribution is 2.05. The van der Waals surface area contributed by atoms with Gasteiger partial charge in [-0.3, -0.25) is 0 Å². The van der Waals surface area contributed by atoms with Crippen molar-refractivity contribution < 1.29 is 0 Å². The van der Waals surface area contributed by atoms with Gasteiger partial charge in [-0.25, -0.2) is 14.7 Å². The van der Waals surface area contributed by atoms with Gasteiger partial charge in [0.15, 0.2) is 11.8 Å². The number of rotatable bonds is 5. The van der Waals surface area contributed by atoms with Crippen molar-refractivity contribution in [2.75, 3.05) is 13.1 Å². The van der Waals surface area contributed by atoms with Gasteiger partial charge in [-0.1, -0.05) is 18.2 Å². The fourth-order valence-corrected chi connectivity index (χ4v) is 1.87. The molecule has 0 aliphatic carbocycles. The molecule has 6 heteroatoms. The van der Waals surface area contributed by atoms with Gasteiger partial charge in [0.05, 0.1) is 5.69 Å². The number of aromatic nitrogens is 3. The molecular weight excluding hydrogens is 252 g/mol. The molecule has 0 saturated heterocycles. The number of aliphatic imine (C=N–C) groups is 1. The van der Waals surface area contributed by atoms with E-state index in [-0.39, 0.29) is 0 Å². The zero-order valence-electron chi connectivity index (χ0n) is 11.9. The Morgan fingerprint density at radius 1 is 1.25 bits per heavy atom. The van der Waals surface area contributed by atoms with Gasteiger partial charge < -0.3 is 10.6 Å². The van der Waals surface area contributed by atoms with Crippen molar-refractivity contribution >= 4 is 5.96 Å². The average Bonchev–Trinajstić information content (AvgIpc) is 2.96. The van der Waals surface area contributed by atoms with Crippen LogP contribution >= 0.6 is 0 Å². The molecule has 6 nitrogen and oxygen atoms in total. The molecule has 20 heavy (non-hydrogen) atoms. The molecule has 0 atom stereocenters. The van der Waals surface area contributed by atoms with E-state index >= 15 is 0 Å². The molecule has 0 aliphatic rings. The molecule has 1 aromatic carbocycles. The molecule has 0 spiro atoms. The van der Waals surface area contributed by atoms with E-state index < -0.39 is 0 Å². The van der Waals surface area contributed by atoms with Gasteiger partial charge in [0.2, 0.25) is 0 Å². The minimum absolute atomic E-state index is 0.391. The molecule has 0 bridgehead atoms. The number of nitrogens with two attached hydrogens (primary N) is 1. The molecule has 0 amide bonds. The highest BCUT2D eigenvalue weighted by atomic mass is 15.3. The highest BCUT2D eigenvalue weighted by Gasteiger charge is 2.04. The number of hydrogen-bond acceptors (Lipinski definition) is 3. The van der Waals surface area contributed by atoms with Gasteiger partial charge in [-0.05, 0) is 26.0 Å². The standard InChI is InChI=1S/C14H20N6/c1-3-19(4-2)14(15)16-10-13-17-11-20(18-13)12-8-6-5-7-9-12/h5-9,11H,3-4,10H2,1-2H3,(H2,15,16). The second kappa shape index (κ2) is 6.70. The molecular formula is C14H20N6. The summed E-state index contributed by atoms with van der Waals surface area (Å²) >= 11 is 0. The third kappa shape index (κ3) is 3.34. The maximum Gasteiger partial charge on any atom is 0.191 e. The van der Waals surface area contributed by atoms with Crippen LogP contribution in [0.5, 0.6) is 0 Å². The van der Waals surface area contributed by atoms with Crippen molar-refractivity contribution in [1.82, 2.24) is 19.7 Å². The zero-order valence-corrected chi connectivity index (χ0v) is 11.9. The lowest BCUT2D eigenvalue weighted by molar-refractivity contribution is 0.458. The lowest BCUT2D eigenvalue weighted by atomic mass is 10.3. The normalized spacial score (nSPS) is 11.6. The lowest BCUT2D eigenvalue weighted by Crippen LogP contribution is -2.37. The van der Waals surface area contributed by atoms with Crippen molar-refractivity contribution in [2.24, 2.45) is 10.7 Å². The first-order chi connectivity index (χ1) is 9.74. The van der Waals surface area contributed by atoms with Crippen LogP contribution in [0.3, 0.4) is 0 Å². The van der Waals surface area contributed by atoms with Crippen LogP contribution in [0.25, 0.3) is 5.69 Å². The van der Waals surface area contributed by atoms with Crippen molar-refractivity contribution in [3.63, 3.8) is 0 Å². The van der Waals surface area contributed by atoms with Gasteiger partial charge in [-0.15, -0.1) is 5.10 Å². The van der Waals surface area contributed by atoms with Crippen molar-refractivity contribution in [1.29, 1.82) is 0 Å². The first kappa shape index (κ1) is 14.0. The number of para-hydroxylation sites is 1. The minimum Gasteiger partial charge on any atom is -0.370 e. The third-order valence-electron chi connectivity index (χ3n) is 3.03. The molecule has 106 valence electrons. The van der Waals surface area contributed by atoms with E-state index in [0.717, 1.165) is 18.8 Å². The molecule has 0 aliphatic heterocycles. The molecule has 0 unspecified atom stereocenters. The maximum absolute atomic E-state index is 5.92. The van der Waals surface area contributed by atoms with E-state index in [1.165, 1.54) is 0 Å². The molecule has 2 N–H and O–H groups in total. The van der Waals surface area contributed by atoms with Crippen molar-refractivity contribution in [3.8, 4) is 5.69 Å². The Hall–Kier alpha value is -2.37. The summed E-state index contributed by atoms with van der Waals surface area (Å²) < 4.78 is 1.73. The van der Waals surface area contributed by atoms with Gasteiger partial charge in [-0.2, -0.15) is 0 Å². The van der Waals surface area contributed by atoms with Crippen molar-refractivity contribution in [2.45, 2.75) is 20.4 Å². The Balaban J connectivity index is 2.05. The Kier molecular flexibility index (Phi) is 4.70. The summed E-state index contributed by atoms with van der Waals surface area (Å²) in [6, 6.07) is 9.86. The van der Waals surface area contributed by atoms with Crippen LogP contribution in [-0.4, -0.2) is 38.7 Å². The summed E-state index contributed by atoms with van der Waals surface area (Å²) in [7, 11) is 0. The summed E-state index contributed by atoms with van der Waals surface area (Å²) in [5, 5.41) is 4.39. The molecule has 0 saturated carbocycles. The third-order valence-corrected chi connectivity index (χ3v) is 3.03. The predicted octanol–water partition coefficient (Wildman–Crippen LogP) is 1.42. The fourth-order valence-electron chi connectivity index (χ4n) is 1.87. The smallest absolute Gasteiger partial charge is 0.191 e. The van der Waals surface area contributed by atoms with Crippen molar-refractivity contribution in [3.05, 3.63) is 42.5 Å². The van der Waals surface area contributed by atoms with E-state index in [0.29, 0.717) is 18.3 Å². The largest absolute Gasteiger partial charge is 0.370 e. The van der Waals surface area contributed by atoms with E-state index in [4.69, 9.17) is 5.73 Å². The summed E-state index contributed by atoms with van der Waals surface area (Å²) in [4.78, 5) is 10.6. The first-order valence-electron chi connectivity index (χ1n) is 6.75. The van der Waals surface area contributed by atoms with Crippen LogP contribution in [-0.2, 0) is 6.54 Å². The molecule has 0 fully saturated rings. The highest BCUT2D eigenvalue weighted by molar-refractivity contribution is 5.77. The summed E-state index contributed by atoms with van der Waals surface area (Å²) in [6.07, 6.45) is 1.69. The first-order valence-corrected chi connectivity index (χ1v) is 6.75. The molecule has 1 heterocycles. The zero-order chi connectivity index (χ0) is 14.4. The number of nitrogens with zero attached hydrogens (tertiary/aromatic N) is 5. The predicted molar refractivity (Wildman–Crippen MR) is 79.6 cm³/mol. The summed E-state index contributed by atoms with van der Waals surface area (Å²) in [6.45, 7) is 6.18. The van der Waals surface area contributed by atoms with Crippen LogP contribution in [0.1, 0.15) is 19.7 Å². The van der Waals surface area contributed by atoms with Gasteiger partial charge >= 0.3 is 0 Å². The minimum atomic E-state index is 0.391. The quantitative estimate of drug-likeness (QED) is 0.660. The molecule has 2 aromatic rings. The molecule has 0 radical (unpaired) electrons. The monoisotopic (exact) mass is 272 g/mol. The topological polar surface area (TPSA) is 72.3 Å². The van der Waals surface area contributed by atoms with Gasteiger partial charge in [0, 0.05) is 13.1 Å². The van der Waals surface area contributed by atoms with Gasteiger partial charge in [0.25, 0.3) is 0 Å². The lowest BCUT2D eigenvalue weighted by Gasteiger charge is -2.18. The maximum atomic E-state index is 5.92. The van der Waals surface area contributed by atoms with E-state index in [2.05, 4.69) is 15.1 Å². The van der Waals surface area contributed by atoms with Crippen LogP contribution < -0.4 is 5.73 Å². The Morgan fingerprint density at radius 3 is 2.60 bits per heavy atom. The number of guanidine groups is 1. The van der Waals surface area contributed by atoms with Crippen LogP contribution in [0.4, 0.5) is 0 Å². The SMILES string of the molecule is CCN(CC)C(N)=NCc1ncn(-c2ccccc2)n1. The average molecular weight is 272 g/mol. The molecule has 2 rings (SSSR count). The summed E-state index contributed by atoms with van der Waals surface area (Å²) in [5.41, 5.74) is 6.90. The van der Waals surface area contributed by atoms with Gasteiger partial charge in [0.1, 0.15) is 12.9 Å². The van der Waals surface area contributed by atoms with Crippen LogP contribution in [0.2, 0.25) is 0 Å². The molecule has 1 aromatic heterocycles. The Bertz CT molecular complexity index is 556. The number of benzene rings is 1. The second-order valence-electron chi connectivity index (χ2n) is 4.29. The van der Waals surface area contributed by atoms with Crippen LogP contribution in [0.15, 0.2) is 41.7 Å². The van der Waals surface area contributed by atoms with E-state index in [1.807, 2.05) is 49.1 Å². The second-order valence-corrected chi connectivity index (χ2v) is 4.29. The Labute approximate surface area is 119 Å². The van der Waals surface area contributed by atoms with Crippen LogP contribution in [0, 0.1) is 0 Å². The number of hydrogen-bond donors (Lipinski definition) is 1. The van der Waals surface area contributed by atoms with E-state index in [1.54, 1.807) is 11.0 Å². The van der Waals surface area contributed by atoms with E-state index in [9.17, 15) is 0 Å². The fraction of sp³-hybridized carbons (Fsp3) is 0.357. The Morgan fingerprint density at radius 2 is 1.95 bits per heavy atom. The summed E-state index contributed by atoms with van der Waals surface area (Å²) in [5.74, 6) is 1.19.